The zero-order valence-corrected chi connectivity index (χ0v) is 11.7. The van der Waals surface area contributed by atoms with Crippen LogP contribution in [0.2, 0.25) is 0 Å². The Bertz CT molecular complexity index is 729. The molecule has 0 saturated carbocycles. The summed E-state index contributed by atoms with van der Waals surface area (Å²) in [4.78, 5) is 8.89. The molecule has 4 heteroatoms. The molecule has 3 rings (SSSR count). The lowest BCUT2D eigenvalue weighted by atomic mass is 10.1. The lowest BCUT2D eigenvalue weighted by molar-refractivity contribution is 0.738. The van der Waals surface area contributed by atoms with Crippen molar-refractivity contribution in [2.75, 3.05) is 0 Å². The van der Waals surface area contributed by atoms with E-state index in [9.17, 15) is 0 Å². The van der Waals surface area contributed by atoms with Crippen molar-refractivity contribution < 1.29 is 0 Å². The molecule has 3 aromatic rings. The zero-order valence-electron chi connectivity index (χ0n) is 11.7. The maximum atomic E-state index is 5.86. The fourth-order valence-corrected chi connectivity index (χ4v) is 2.50. The zero-order chi connectivity index (χ0) is 14.1. The first-order valence-electron chi connectivity index (χ1n) is 6.76. The first-order valence-corrected chi connectivity index (χ1v) is 6.76. The van der Waals surface area contributed by atoms with E-state index in [4.69, 9.17) is 10.7 Å². The molecular weight excluding hydrogens is 248 g/mol. The minimum Gasteiger partial charge on any atom is -0.328 e. The van der Waals surface area contributed by atoms with Crippen LogP contribution in [0, 0.1) is 0 Å². The van der Waals surface area contributed by atoms with Crippen LogP contribution in [0.5, 0.6) is 0 Å². The number of aromatic nitrogens is 3. The first kappa shape index (κ1) is 12.8. The minimum atomic E-state index is 0.161. The highest BCUT2D eigenvalue weighted by Crippen LogP contribution is 2.24. The van der Waals surface area contributed by atoms with Crippen molar-refractivity contribution in [3.8, 4) is 11.4 Å². The molecule has 20 heavy (non-hydrogen) atoms. The average molecular weight is 266 g/mol. The third-order valence-corrected chi connectivity index (χ3v) is 3.42. The summed E-state index contributed by atoms with van der Waals surface area (Å²) in [7, 11) is 2.03. The van der Waals surface area contributed by atoms with E-state index < -0.39 is 0 Å². The molecule has 0 amide bonds. The first-order chi connectivity index (χ1) is 9.65. The number of imidazole rings is 1. The van der Waals surface area contributed by atoms with Gasteiger partial charge in [0, 0.05) is 31.0 Å². The van der Waals surface area contributed by atoms with E-state index in [0.29, 0.717) is 0 Å². The van der Waals surface area contributed by atoms with Crippen molar-refractivity contribution in [3.05, 3.63) is 48.3 Å². The normalized spacial score (nSPS) is 12.8. The Morgan fingerprint density at radius 3 is 2.85 bits per heavy atom. The highest BCUT2D eigenvalue weighted by Gasteiger charge is 2.10. The number of rotatable bonds is 3. The highest BCUT2D eigenvalue weighted by atomic mass is 15.1. The Hall–Kier alpha value is -2.20. The monoisotopic (exact) mass is 266 g/mol. The minimum absolute atomic E-state index is 0.161. The summed E-state index contributed by atoms with van der Waals surface area (Å²) in [5.41, 5.74) is 10.2. The molecule has 0 aliphatic rings. The Balaban J connectivity index is 2.10. The Morgan fingerprint density at radius 1 is 1.30 bits per heavy atom. The predicted molar refractivity (Wildman–Crippen MR) is 81.3 cm³/mol. The van der Waals surface area contributed by atoms with Crippen LogP contribution in [0.15, 0.2) is 42.7 Å². The molecule has 0 saturated heterocycles. The number of fused-ring (bicyclic) bond motifs is 1. The molecule has 0 aliphatic heterocycles. The van der Waals surface area contributed by atoms with Crippen molar-refractivity contribution in [1.82, 2.24) is 14.5 Å². The summed E-state index contributed by atoms with van der Waals surface area (Å²) in [5.74, 6) is 0.936. The quantitative estimate of drug-likeness (QED) is 0.792. The standard InChI is InChI=1S/C16H18N4/c1-11(17)8-12-5-6-15-14(9-12)19-16(20(15)2)13-4-3-7-18-10-13/h3-7,9-11H,8,17H2,1-2H3. The van der Waals surface area contributed by atoms with E-state index in [1.54, 1.807) is 6.20 Å². The van der Waals surface area contributed by atoms with Gasteiger partial charge in [0.1, 0.15) is 5.82 Å². The lowest BCUT2D eigenvalue weighted by Crippen LogP contribution is -2.17. The Kier molecular flexibility index (Phi) is 3.24. The second-order valence-corrected chi connectivity index (χ2v) is 5.24. The number of aryl methyl sites for hydroxylation is 1. The molecule has 1 aromatic carbocycles. The number of nitrogens with zero attached hydrogens (tertiary/aromatic N) is 3. The van der Waals surface area contributed by atoms with Crippen LogP contribution in [-0.2, 0) is 13.5 Å². The SMILES string of the molecule is CC(N)Cc1ccc2c(c1)nc(-c1cccnc1)n2C. The fourth-order valence-electron chi connectivity index (χ4n) is 2.50. The third kappa shape index (κ3) is 2.30. The molecular formula is C16H18N4. The van der Waals surface area contributed by atoms with Crippen molar-refractivity contribution in [1.29, 1.82) is 0 Å². The van der Waals surface area contributed by atoms with Gasteiger partial charge < -0.3 is 10.3 Å². The fraction of sp³-hybridized carbons (Fsp3) is 0.250. The van der Waals surface area contributed by atoms with Gasteiger partial charge in [0.25, 0.3) is 0 Å². The van der Waals surface area contributed by atoms with Gasteiger partial charge >= 0.3 is 0 Å². The van der Waals surface area contributed by atoms with Crippen molar-refractivity contribution in [2.45, 2.75) is 19.4 Å². The second-order valence-electron chi connectivity index (χ2n) is 5.24. The smallest absolute Gasteiger partial charge is 0.142 e. The van der Waals surface area contributed by atoms with Crippen molar-refractivity contribution in [2.24, 2.45) is 12.8 Å². The summed E-state index contributed by atoms with van der Waals surface area (Å²) in [6.45, 7) is 2.02. The summed E-state index contributed by atoms with van der Waals surface area (Å²) >= 11 is 0. The van der Waals surface area contributed by atoms with E-state index in [0.717, 1.165) is 28.8 Å². The maximum Gasteiger partial charge on any atom is 0.142 e. The molecule has 2 aromatic heterocycles. The molecule has 102 valence electrons. The van der Waals surface area contributed by atoms with E-state index in [1.807, 2.05) is 32.3 Å². The molecule has 0 bridgehead atoms. The van der Waals surface area contributed by atoms with Crippen molar-refractivity contribution >= 4 is 11.0 Å². The predicted octanol–water partition coefficient (Wildman–Crippen LogP) is 2.53. The largest absolute Gasteiger partial charge is 0.328 e. The van der Waals surface area contributed by atoms with E-state index in [2.05, 4.69) is 27.8 Å². The van der Waals surface area contributed by atoms with Crippen LogP contribution in [0.4, 0.5) is 0 Å². The lowest BCUT2D eigenvalue weighted by Gasteiger charge is -2.05. The van der Waals surface area contributed by atoms with Gasteiger partial charge in [-0.15, -0.1) is 0 Å². The number of hydrogen-bond acceptors (Lipinski definition) is 3. The highest BCUT2D eigenvalue weighted by molar-refractivity contribution is 5.81. The Morgan fingerprint density at radius 2 is 2.15 bits per heavy atom. The average Bonchev–Trinajstić information content (AvgIpc) is 2.76. The van der Waals surface area contributed by atoms with Gasteiger partial charge in [-0.25, -0.2) is 4.98 Å². The molecule has 1 atom stereocenters. The topological polar surface area (TPSA) is 56.7 Å². The molecule has 2 heterocycles. The molecule has 0 spiro atoms. The summed E-state index contributed by atoms with van der Waals surface area (Å²) < 4.78 is 2.10. The second kappa shape index (κ2) is 5.06. The van der Waals surface area contributed by atoms with Gasteiger partial charge in [-0.1, -0.05) is 6.07 Å². The molecule has 2 N–H and O–H groups in total. The Labute approximate surface area is 118 Å². The van der Waals surface area contributed by atoms with Gasteiger partial charge in [-0.2, -0.15) is 0 Å². The molecule has 0 fully saturated rings. The van der Waals surface area contributed by atoms with Crippen LogP contribution in [0.3, 0.4) is 0 Å². The van der Waals surface area contributed by atoms with E-state index in [-0.39, 0.29) is 6.04 Å². The van der Waals surface area contributed by atoms with Gasteiger partial charge in [0.15, 0.2) is 0 Å². The summed E-state index contributed by atoms with van der Waals surface area (Å²) in [6, 6.07) is 10.5. The van der Waals surface area contributed by atoms with Crippen molar-refractivity contribution in [3.63, 3.8) is 0 Å². The summed E-state index contributed by atoms with van der Waals surface area (Å²) in [6.07, 6.45) is 4.48. The van der Waals surface area contributed by atoms with Gasteiger partial charge in [-0.3, -0.25) is 4.98 Å². The number of pyridine rings is 1. The molecule has 0 radical (unpaired) electrons. The number of hydrogen-bond donors (Lipinski definition) is 1. The van der Waals surface area contributed by atoms with Crippen LogP contribution >= 0.6 is 0 Å². The van der Waals surface area contributed by atoms with Crippen LogP contribution in [0.25, 0.3) is 22.4 Å². The van der Waals surface area contributed by atoms with Gasteiger partial charge in [-0.05, 0) is 43.2 Å². The van der Waals surface area contributed by atoms with E-state index >= 15 is 0 Å². The van der Waals surface area contributed by atoms with E-state index in [1.165, 1.54) is 5.56 Å². The molecule has 0 aliphatic carbocycles. The summed E-state index contributed by atoms with van der Waals surface area (Å²) in [5, 5.41) is 0. The van der Waals surface area contributed by atoms with Gasteiger partial charge in [0.2, 0.25) is 0 Å². The van der Waals surface area contributed by atoms with Crippen LogP contribution in [-0.4, -0.2) is 20.6 Å². The molecule has 4 nitrogen and oxygen atoms in total. The van der Waals surface area contributed by atoms with Gasteiger partial charge in [0.05, 0.1) is 11.0 Å². The number of nitrogens with two attached hydrogens (primary N) is 1. The third-order valence-electron chi connectivity index (χ3n) is 3.42. The maximum absolute atomic E-state index is 5.86. The van der Waals surface area contributed by atoms with Crippen LogP contribution in [0.1, 0.15) is 12.5 Å². The van der Waals surface area contributed by atoms with Crippen LogP contribution < -0.4 is 5.73 Å². The molecule has 1 unspecified atom stereocenters. The number of benzene rings is 1.